The number of carbonyl (C=O) groups excluding carboxylic acids is 2. The third-order valence-electron chi connectivity index (χ3n) is 2.33. The van der Waals surface area contributed by atoms with E-state index in [0.717, 1.165) is 0 Å². The largest absolute Gasteiger partial charge is 0.480 e. The Kier molecular flexibility index (Phi) is 6.52. The summed E-state index contributed by atoms with van der Waals surface area (Å²) in [5, 5.41) is 13.5. The minimum absolute atomic E-state index is 0.0566. The normalized spacial score (nSPS) is 9.57. The van der Waals surface area contributed by atoms with Crippen molar-refractivity contribution in [1.82, 2.24) is 5.32 Å². The molecule has 8 heteroatoms. The van der Waals surface area contributed by atoms with Gasteiger partial charge >= 0.3 is 18.0 Å². The van der Waals surface area contributed by atoms with Gasteiger partial charge in [-0.25, -0.2) is 9.59 Å². The molecule has 1 aromatic rings. The van der Waals surface area contributed by atoms with Gasteiger partial charge in [-0.3, -0.25) is 4.79 Å². The molecule has 1 aromatic carbocycles. The average Bonchev–Trinajstić information content (AvgIpc) is 2.46. The van der Waals surface area contributed by atoms with Crippen LogP contribution in [0.1, 0.15) is 6.42 Å². The fraction of sp³-hybridized carbons (Fsp3) is 0.308. The van der Waals surface area contributed by atoms with Gasteiger partial charge in [-0.15, -0.1) is 0 Å². The highest BCUT2D eigenvalue weighted by Crippen LogP contribution is 2.23. The molecule has 0 spiro atoms. The molecule has 0 unspecified atom stereocenters. The molecular formula is C13H16N2O6. The molecule has 0 heterocycles. The summed E-state index contributed by atoms with van der Waals surface area (Å²) in [6.45, 7) is -0.390. The van der Waals surface area contributed by atoms with Crippen molar-refractivity contribution in [3.8, 4) is 5.75 Å². The number of para-hydroxylation sites is 2. The van der Waals surface area contributed by atoms with Crippen LogP contribution >= 0.6 is 0 Å². The Bertz CT molecular complexity index is 517. The lowest BCUT2D eigenvalue weighted by atomic mass is 10.3. The number of hydrogen-bond donors (Lipinski definition) is 3. The highest BCUT2D eigenvalue weighted by molar-refractivity contribution is 5.91. The SMILES string of the molecule is COC(=O)CCNC(=O)Nc1ccccc1OCC(=O)O. The van der Waals surface area contributed by atoms with Gasteiger partial charge in [0.15, 0.2) is 6.61 Å². The highest BCUT2D eigenvalue weighted by Gasteiger charge is 2.09. The van der Waals surface area contributed by atoms with E-state index in [-0.39, 0.29) is 18.7 Å². The number of amides is 2. The van der Waals surface area contributed by atoms with Crippen LogP contribution < -0.4 is 15.4 Å². The van der Waals surface area contributed by atoms with Gasteiger partial charge in [-0.2, -0.15) is 0 Å². The first kappa shape index (κ1) is 16.3. The van der Waals surface area contributed by atoms with Gasteiger partial charge in [0, 0.05) is 6.54 Å². The summed E-state index contributed by atoms with van der Waals surface area (Å²) in [5.41, 5.74) is 0.328. The number of ether oxygens (including phenoxy) is 2. The third-order valence-corrected chi connectivity index (χ3v) is 2.33. The van der Waals surface area contributed by atoms with Gasteiger partial charge < -0.3 is 25.2 Å². The molecule has 0 aliphatic heterocycles. The van der Waals surface area contributed by atoms with Gasteiger partial charge in [0.25, 0.3) is 0 Å². The molecule has 1 rings (SSSR count). The van der Waals surface area contributed by atoms with Crippen LogP contribution in [-0.2, 0) is 14.3 Å². The van der Waals surface area contributed by atoms with E-state index in [0.29, 0.717) is 5.69 Å². The molecule has 3 N–H and O–H groups in total. The van der Waals surface area contributed by atoms with Crippen molar-refractivity contribution in [3.05, 3.63) is 24.3 Å². The quantitative estimate of drug-likeness (QED) is 0.642. The number of anilines is 1. The fourth-order valence-electron chi connectivity index (χ4n) is 1.38. The van der Waals surface area contributed by atoms with Crippen LogP contribution in [0, 0.1) is 0 Å². The van der Waals surface area contributed by atoms with Crippen molar-refractivity contribution in [2.75, 3.05) is 25.6 Å². The minimum atomic E-state index is -1.12. The molecule has 8 nitrogen and oxygen atoms in total. The molecule has 0 fully saturated rings. The van der Waals surface area contributed by atoms with Crippen LogP contribution in [0.3, 0.4) is 0 Å². The number of urea groups is 1. The molecule has 0 aliphatic rings. The number of esters is 1. The Morgan fingerprint density at radius 2 is 1.95 bits per heavy atom. The summed E-state index contributed by atoms with van der Waals surface area (Å²) < 4.78 is 9.48. The summed E-state index contributed by atoms with van der Waals surface area (Å²) in [5.74, 6) is -1.31. The average molecular weight is 296 g/mol. The van der Waals surface area contributed by atoms with Crippen LogP contribution in [0.5, 0.6) is 5.75 Å². The lowest BCUT2D eigenvalue weighted by Gasteiger charge is -2.11. The van der Waals surface area contributed by atoms with Crippen molar-refractivity contribution in [2.45, 2.75) is 6.42 Å². The Hall–Kier alpha value is -2.77. The van der Waals surface area contributed by atoms with Crippen molar-refractivity contribution in [1.29, 1.82) is 0 Å². The molecule has 0 bridgehead atoms. The van der Waals surface area contributed by atoms with Gasteiger partial charge in [-0.1, -0.05) is 12.1 Å². The van der Waals surface area contributed by atoms with Gasteiger partial charge in [-0.05, 0) is 12.1 Å². The highest BCUT2D eigenvalue weighted by atomic mass is 16.5. The second-order valence-electron chi connectivity index (χ2n) is 3.89. The number of methoxy groups -OCH3 is 1. The van der Waals surface area contributed by atoms with Crippen LogP contribution in [-0.4, -0.2) is 43.3 Å². The smallest absolute Gasteiger partial charge is 0.341 e. The zero-order valence-electron chi connectivity index (χ0n) is 11.4. The van der Waals surface area contributed by atoms with E-state index in [9.17, 15) is 14.4 Å². The molecule has 0 radical (unpaired) electrons. The van der Waals surface area contributed by atoms with E-state index in [1.54, 1.807) is 18.2 Å². The zero-order chi connectivity index (χ0) is 15.7. The van der Waals surface area contributed by atoms with Gasteiger partial charge in [0.2, 0.25) is 0 Å². The Balaban J connectivity index is 2.51. The topological polar surface area (TPSA) is 114 Å². The van der Waals surface area contributed by atoms with Crippen LogP contribution in [0.25, 0.3) is 0 Å². The summed E-state index contributed by atoms with van der Waals surface area (Å²) in [7, 11) is 1.26. The monoisotopic (exact) mass is 296 g/mol. The minimum Gasteiger partial charge on any atom is -0.480 e. The maximum atomic E-state index is 11.6. The summed E-state index contributed by atoms with van der Waals surface area (Å²) in [4.78, 5) is 33.0. The number of hydrogen-bond acceptors (Lipinski definition) is 5. The maximum absolute atomic E-state index is 11.6. The number of carboxylic acids is 1. The van der Waals surface area contributed by atoms with E-state index < -0.39 is 24.6 Å². The molecule has 2 amide bonds. The second-order valence-corrected chi connectivity index (χ2v) is 3.89. The van der Waals surface area contributed by atoms with Crippen molar-refractivity contribution < 1.29 is 29.0 Å². The number of aliphatic carboxylic acids is 1. The zero-order valence-corrected chi connectivity index (χ0v) is 11.4. The predicted molar refractivity (Wildman–Crippen MR) is 73.2 cm³/mol. The summed E-state index contributed by atoms with van der Waals surface area (Å²) in [6, 6.07) is 5.88. The Labute approximate surface area is 121 Å². The van der Waals surface area contributed by atoms with E-state index >= 15 is 0 Å². The Morgan fingerprint density at radius 1 is 1.24 bits per heavy atom. The van der Waals surface area contributed by atoms with E-state index in [4.69, 9.17) is 9.84 Å². The molecule has 114 valence electrons. The number of benzene rings is 1. The predicted octanol–water partition coefficient (Wildman–Crippen LogP) is 0.835. The third kappa shape index (κ3) is 6.28. The molecule has 0 aliphatic carbocycles. The van der Waals surface area contributed by atoms with Crippen molar-refractivity contribution in [2.24, 2.45) is 0 Å². The van der Waals surface area contributed by atoms with E-state index in [1.165, 1.54) is 13.2 Å². The van der Waals surface area contributed by atoms with Crippen LogP contribution in [0.15, 0.2) is 24.3 Å². The van der Waals surface area contributed by atoms with Crippen molar-refractivity contribution in [3.63, 3.8) is 0 Å². The summed E-state index contributed by atoms with van der Waals surface area (Å²) in [6.07, 6.45) is 0.0566. The maximum Gasteiger partial charge on any atom is 0.341 e. The summed E-state index contributed by atoms with van der Waals surface area (Å²) >= 11 is 0. The molecule has 0 saturated heterocycles. The Morgan fingerprint density at radius 3 is 2.62 bits per heavy atom. The number of carbonyl (C=O) groups is 3. The molecule has 0 saturated carbocycles. The number of carboxylic acid groups (broad SMARTS) is 1. The van der Waals surface area contributed by atoms with Crippen LogP contribution in [0.2, 0.25) is 0 Å². The second kappa shape index (κ2) is 8.41. The molecule has 0 aromatic heterocycles. The first-order valence-electron chi connectivity index (χ1n) is 6.08. The van der Waals surface area contributed by atoms with Crippen LogP contribution in [0.4, 0.5) is 10.5 Å². The van der Waals surface area contributed by atoms with Gasteiger partial charge in [0.1, 0.15) is 5.75 Å². The lowest BCUT2D eigenvalue weighted by molar-refractivity contribution is -0.140. The first-order valence-corrected chi connectivity index (χ1v) is 6.08. The molecule has 0 atom stereocenters. The number of rotatable bonds is 7. The van der Waals surface area contributed by atoms with Crippen molar-refractivity contribution >= 4 is 23.7 Å². The van der Waals surface area contributed by atoms with E-state index in [2.05, 4.69) is 15.4 Å². The lowest BCUT2D eigenvalue weighted by Crippen LogP contribution is -2.31. The standard InChI is InChI=1S/C13H16N2O6/c1-20-12(18)6-7-14-13(19)15-9-4-2-3-5-10(9)21-8-11(16)17/h2-5H,6-8H2,1H3,(H,16,17)(H2,14,15,19). The van der Waals surface area contributed by atoms with E-state index in [1.807, 2.05) is 0 Å². The molecule has 21 heavy (non-hydrogen) atoms. The molecular weight excluding hydrogens is 280 g/mol. The first-order chi connectivity index (χ1) is 10.0. The fourth-order valence-corrected chi connectivity index (χ4v) is 1.38. The van der Waals surface area contributed by atoms with Gasteiger partial charge in [0.05, 0.1) is 19.2 Å². The number of nitrogens with one attached hydrogen (secondary N) is 2.